The third-order valence-corrected chi connectivity index (χ3v) is 3.65. The van der Waals surface area contributed by atoms with Gasteiger partial charge in [0.05, 0.1) is 12.6 Å². The Morgan fingerprint density at radius 3 is 2.71 bits per heavy atom. The zero-order chi connectivity index (χ0) is 17.3. The van der Waals surface area contributed by atoms with Crippen molar-refractivity contribution in [3.8, 4) is 17.2 Å². The molecule has 2 heterocycles. The lowest BCUT2D eigenvalue weighted by Gasteiger charge is -2.14. The molecule has 3 rings (SSSR count). The molecule has 1 aromatic carbocycles. The summed E-state index contributed by atoms with van der Waals surface area (Å²) in [5.74, 6) is -3.19. The Balaban J connectivity index is 1.69. The highest BCUT2D eigenvalue weighted by Gasteiger charge is 2.42. The zero-order valence-electron chi connectivity index (χ0n) is 12.3. The van der Waals surface area contributed by atoms with Crippen LogP contribution in [0.1, 0.15) is 12.0 Å². The number of nitrogens with one attached hydrogen (secondary N) is 2. The van der Waals surface area contributed by atoms with Gasteiger partial charge in [-0.3, -0.25) is 10.1 Å². The molecular formula is C14H14F4N2O4. The number of rotatable bonds is 5. The van der Waals surface area contributed by atoms with Gasteiger partial charge in [-0.15, -0.1) is 0 Å². The average Bonchev–Trinajstić information content (AvgIpc) is 3.09. The molecule has 24 heavy (non-hydrogen) atoms. The lowest BCUT2D eigenvalue weighted by molar-refractivity contribution is -0.123. The van der Waals surface area contributed by atoms with Crippen molar-refractivity contribution in [1.29, 1.82) is 0 Å². The second-order valence-corrected chi connectivity index (χ2v) is 5.40. The van der Waals surface area contributed by atoms with Crippen LogP contribution in [0.3, 0.4) is 0 Å². The normalized spacial score (nSPS) is 21.1. The van der Waals surface area contributed by atoms with Gasteiger partial charge in [-0.1, -0.05) is 0 Å². The van der Waals surface area contributed by atoms with E-state index < -0.39 is 37.4 Å². The fourth-order valence-corrected chi connectivity index (χ4v) is 2.52. The number of ether oxygens (including phenoxy) is 3. The smallest absolute Gasteiger partial charge is 0.387 e. The lowest BCUT2D eigenvalue weighted by atomic mass is 10.1. The van der Waals surface area contributed by atoms with E-state index in [-0.39, 0.29) is 30.4 Å². The van der Waals surface area contributed by atoms with E-state index in [0.717, 1.165) is 0 Å². The number of halogens is 4. The lowest BCUT2D eigenvalue weighted by Crippen LogP contribution is -2.40. The van der Waals surface area contributed by atoms with Crippen molar-refractivity contribution in [3.63, 3.8) is 0 Å². The summed E-state index contributed by atoms with van der Waals surface area (Å²) < 4.78 is 65.8. The fourth-order valence-electron chi connectivity index (χ4n) is 2.52. The van der Waals surface area contributed by atoms with Crippen molar-refractivity contribution in [2.24, 2.45) is 0 Å². The summed E-state index contributed by atoms with van der Waals surface area (Å²) in [4.78, 5) is 11.9. The van der Waals surface area contributed by atoms with Crippen LogP contribution in [0.25, 0.3) is 0 Å². The maximum Gasteiger partial charge on any atom is 0.387 e. The van der Waals surface area contributed by atoms with Crippen molar-refractivity contribution in [2.45, 2.75) is 31.5 Å². The molecular weight excluding hydrogens is 336 g/mol. The van der Waals surface area contributed by atoms with Crippen LogP contribution in [0, 0.1) is 0 Å². The molecule has 0 radical (unpaired) electrons. The molecule has 2 aliphatic heterocycles. The van der Waals surface area contributed by atoms with Crippen molar-refractivity contribution >= 4 is 5.91 Å². The quantitative estimate of drug-likeness (QED) is 0.790. The fraction of sp³-hybridized carbons (Fsp3) is 0.500. The Labute approximate surface area is 134 Å². The Hall–Kier alpha value is -2.23. The summed E-state index contributed by atoms with van der Waals surface area (Å²) in [6.07, 6.45) is -0.611. The summed E-state index contributed by atoms with van der Waals surface area (Å²) in [5, 5.41) is 4.84. The van der Waals surface area contributed by atoms with E-state index in [9.17, 15) is 22.4 Å². The third-order valence-electron chi connectivity index (χ3n) is 3.65. The van der Waals surface area contributed by atoms with E-state index in [1.807, 2.05) is 0 Å². The molecule has 0 bridgehead atoms. The largest absolute Gasteiger partial charge is 0.454 e. The van der Waals surface area contributed by atoms with Gasteiger partial charge in [-0.2, -0.15) is 8.78 Å². The van der Waals surface area contributed by atoms with Crippen LogP contribution in [0.5, 0.6) is 17.2 Å². The van der Waals surface area contributed by atoms with Gasteiger partial charge in [-0.05, 0) is 6.07 Å². The molecule has 10 heteroatoms. The summed E-state index contributed by atoms with van der Waals surface area (Å²) in [6.45, 7) is -3.87. The van der Waals surface area contributed by atoms with Gasteiger partial charge in [0.25, 0.3) is 5.92 Å². The predicted molar refractivity (Wildman–Crippen MR) is 72.4 cm³/mol. The second kappa shape index (κ2) is 6.34. The topological polar surface area (TPSA) is 68.8 Å². The minimum atomic E-state index is -3.06. The first kappa shape index (κ1) is 16.6. The maximum absolute atomic E-state index is 13.1. The molecule has 1 atom stereocenters. The van der Waals surface area contributed by atoms with Crippen LogP contribution in [0.15, 0.2) is 12.1 Å². The van der Waals surface area contributed by atoms with Gasteiger partial charge >= 0.3 is 6.61 Å². The first-order chi connectivity index (χ1) is 11.3. The number of fused-ring (bicyclic) bond motifs is 1. The Kier molecular flexibility index (Phi) is 4.39. The summed E-state index contributed by atoms with van der Waals surface area (Å²) >= 11 is 0. The molecule has 1 fully saturated rings. The van der Waals surface area contributed by atoms with Crippen LogP contribution in [-0.2, 0) is 11.3 Å². The number of hydrogen-bond donors (Lipinski definition) is 2. The number of carbonyl (C=O) groups is 1. The molecule has 2 aliphatic rings. The Bertz CT molecular complexity index is 641. The number of hydrogen-bond acceptors (Lipinski definition) is 5. The van der Waals surface area contributed by atoms with Crippen LogP contribution >= 0.6 is 0 Å². The summed E-state index contributed by atoms with van der Waals surface area (Å²) in [6, 6.07) is 1.60. The molecule has 132 valence electrons. The second-order valence-electron chi connectivity index (χ2n) is 5.40. The van der Waals surface area contributed by atoms with Gasteiger partial charge in [-0.25, -0.2) is 8.78 Å². The van der Waals surface area contributed by atoms with E-state index >= 15 is 0 Å². The van der Waals surface area contributed by atoms with Gasteiger partial charge in [0.2, 0.25) is 12.7 Å². The molecule has 6 nitrogen and oxygen atoms in total. The average molecular weight is 350 g/mol. The minimum Gasteiger partial charge on any atom is -0.454 e. The van der Waals surface area contributed by atoms with Crippen LogP contribution in [0.4, 0.5) is 17.6 Å². The molecule has 0 saturated carbocycles. The number of amides is 1. The Morgan fingerprint density at radius 1 is 1.38 bits per heavy atom. The van der Waals surface area contributed by atoms with Crippen LogP contribution < -0.4 is 24.8 Å². The molecule has 1 unspecified atom stereocenters. The van der Waals surface area contributed by atoms with Crippen molar-refractivity contribution in [2.75, 3.05) is 13.3 Å². The first-order valence-electron chi connectivity index (χ1n) is 7.10. The number of carbonyl (C=O) groups excluding carboxylic acids is 1. The van der Waals surface area contributed by atoms with Gasteiger partial charge in [0.15, 0.2) is 11.5 Å². The van der Waals surface area contributed by atoms with Crippen molar-refractivity contribution < 1.29 is 36.6 Å². The van der Waals surface area contributed by atoms with Gasteiger partial charge in [0, 0.05) is 24.6 Å². The van der Waals surface area contributed by atoms with E-state index in [1.165, 1.54) is 12.1 Å². The predicted octanol–water partition coefficient (Wildman–Crippen LogP) is 1.63. The van der Waals surface area contributed by atoms with Crippen molar-refractivity contribution in [3.05, 3.63) is 17.7 Å². The number of alkyl halides is 4. The highest BCUT2D eigenvalue weighted by Crippen LogP contribution is 2.38. The summed E-state index contributed by atoms with van der Waals surface area (Å²) in [5.41, 5.74) is 0.220. The molecule has 0 aliphatic carbocycles. The standard InChI is InChI=1S/C14H14F4N2O4/c15-13(16)24-9-2-11-10(22-6-23-11)1-7(9)4-19-12(21)8-3-14(17,18)5-20-8/h1-2,8,13,20H,3-6H2,(H,19,21). The SMILES string of the molecule is O=C(NCc1cc2c(cc1OC(F)F)OCO2)C1CC(F)(F)CN1. The van der Waals surface area contributed by atoms with E-state index in [0.29, 0.717) is 5.75 Å². The third kappa shape index (κ3) is 3.64. The van der Waals surface area contributed by atoms with E-state index in [2.05, 4.69) is 15.4 Å². The molecule has 0 aromatic heterocycles. The van der Waals surface area contributed by atoms with Crippen molar-refractivity contribution in [1.82, 2.24) is 10.6 Å². The van der Waals surface area contributed by atoms with Crippen LogP contribution in [0.2, 0.25) is 0 Å². The maximum atomic E-state index is 13.1. The van der Waals surface area contributed by atoms with Crippen LogP contribution in [-0.4, -0.2) is 37.8 Å². The van der Waals surface area contributed by atoms with E-state index in [1.54, 1.807) is 0 Å². The zero-order valence-corrected chi connectivity index (χ0v) is 12.3. The summed E-state index contributed by atoms with van der Waals surface area (Å²) in [7, 11) is 0. The van der Waals surface area contributed by atoms with Gasteiger partial charge < -0.3 is 19.5 Å². The first-order valence-corrected chi connectivity index (χ1v) is 7.10. The highest BCUT2D eigenvalue weighted by molar-refractivity contribution is 5.82. The highest BCUT2D eigenvalue weighted by atomic mass is 19.3. The minimum absolute atomic E-state index is 0.0552. The molecule has 2 N–H and O–H groups in total. The molecule has 1 aromatic rings. The Morgan fingerprint density at radius 2 is 2.08 bits per heavy atom. The van der Waals surface area contributed by atoms with Gasteiger partial charge in [0.1, 0.15) is 5.75 Å². The monoisotopic (exact) mass is 350 g/mol. The van der Waals surface area contributed by atoms with E-state index in [4.69, 9.17) is 9.47 Å². The molecule has 0 spiro atoms. The molecule has 1 saturated heterocycles. The molecule has 1 amide bonds. The number of benzene rings is 1.